The van der Waals surface area contributed by atoms with E-state index in [2.05, 4.69) is 11.1 Å². The van der Waals surface area contributed by atoms with Gasteiger partial charge in [0, 0.05) is 16.2 Å². The van der Waals surface area contributed by atoms with E-state index < -0.39 is 0 Å². The van der Waals surface area contributed by atoms with Crippen LogP contribution in [0.5, 0.6) is 5.75 Å². The molecule has 0 aliphatic carbocycles. The van der Waals surface area contributed by atoms with Crippen molar-refractivity contribution in [3.05, 3.63) is 71.9 Å². The predicted molar refractivity (Wildman–Crippen MR) is 97.9 cm³/mol. The summed E-state index contributed by atoms with van der Waals surface area (Å²) in [7, 11) is 0. The Hall–Kier alpha value is -3.05. The molecule has 3 aromatic heterocycles. The highest BCUT2D eigenvalue weighted by Gasteiger charge is 2.10. The van der Waals surface area contributed by atoms with Crippen LogP contribution >= 0.6 is 11.3 Å². The number of nitrogens with zero attached hydrogens (tertiary/aromatic N) is 1. The van der Waals surface area contributed by atoms with Gasteiger partial charge in [0.2, 0.25) is 0 Å². The number of fused-ring (bicyclic) bond motifs is 3. The van der Waals surface area contributed by atoms with Gasteiger partial charge in [-0.25, -0.2) is 4.98 Å². The van der Waals surface area contributed by atoms with Crippen LogP contribution in [0, 0.1) is 0 Å². The molecule has 5 rings (SSSR count). The Labute approximate surface area is 147 Å². The number of ether oxygens (including phenoxy) is 1. The van der Waals surface area contributed by atoms with Crippen LogP contribution in [0.1, 0.15) is 5.69 Å². The number of hydrogen-bond acceptors (Lipinski definition) is 5. The van der Waals surface area contributed by atoms with E-state index in [0.29, 0.717) is 6.61 Å². The molecule has 5 heteroatoms. The second-order valence-corrected chi connectivity index (χ2v) is 6.52. The van der Waals surface area contributed by atoms with Gasteiger partial charge >= 0.3 is 0 Å². The largest absolute Gasteiger partial charge is 0.487 e. The van der Waals surface area contributed by atoms with Gasteiger partial charge in [0.15, 0.2) is 10.8 Å². The number of benzene rings is 2. The highest BCUT2D eigenvalue weighted by molar-refractivity contribution is 7.13. The van der Waals surface area contributed by atoms with E-state index in [1.165, 1.54) is 0 Å². The van der Waals surface area contributed by atoms with Crippen molar-refractivity contribution in [3.63, 3.8) is 0 Å². The number of para-hydroxylation sites is 1. The standard InChI is InChI=1S/C20H13NO3S/c1-2-5-17-15(4-1)16-10-14(7-8-18(16)24-17)23-11-13-12-25-20(21-13)19-6-3-9-22-19/h1-10,12H,11H2. The topological polar surface area (TPSA) is 48.4 Å². The summed E-state index contributed by atoms with van der Waals surface area (Å²) >= 11 is 1.55. The second kappa shape index (κ2) is 5.79. The lowest BCUT2D eigenvalue weighted by Crippen LogP contribution is -1.95. The fourth-order valence-corrected chi connectivity index (χ4v) is 3.61. The van der Waals surface area contributed by atoms with Crippen LogP contribution in [0.25, 0.3) is 32.7 Å². The summed E-state index contributed by atoms with van der Waals surface area (Å²) in [6, 6.07) is 17.7. The summed E-state index contributed by atoms with van der Waals surface area (Å²) in [5.74, 6) is 1.58. The van der Waals surface area contributed by atoms with Crippen LogP contribution in [0.3, 0.4) is 0 Å². The molecule has 0 amide bonds. The molecule has 0 spiro atoms. The summed E-state index contributed by atoms with van der Waals surface area (Å²) < 4.78 is 17.1. The van der Waals surface area contributed by atoms with Gasteiger partial charge in [0.1, 0.15) is 23.5 Å². The van der Waals surface area contributed by atoms with Crippen LogP contribution in [0.4, 0.5) is 0 Å². The number of furan rings is 2. The van der Waals surface area contributed by atoms with Crippen LogP contribution in [0.15, 0.2) is 75.1 Å². The lowest BCUT2D eigenvalue weighted by molar-refractivity contribution is 0.302. The summed E-state index contributed by atoms with van der Waals surface area (Å²) in [4.78, 5) is 4.55. The molecule has 0 fully saturated rings. The molecule has 122 valence electrons. The fourth-order valence-electron chi connectivity index (χ4n) is 2.84. The molecule has 0 atom stereocenters. The van der Waals surface area contributed by atoms with E-state index >= 15 is 0 Å². The minimum Gasteiger partial charge on any atom is -0.487 e. The maximum Gasteiger partial charge on any atom is 0.162 e. The maximum absolute atomic E-state index is 5.92. The maximum atomic E-state index is 5.92. The average molecular weight is 347 g/mol. The Morgan fingerprint density at radius 2 is 1.88 bits per heavy atom. The van der Waals surface area contributed by atoms with Crippen molar-refractivity contribution in [1.82, 2.24) is 4.98 Å². The van der Waals surface area contributed by atoms with Gasteiger partial charge in [0.05, 0.1) is 12.0 Å². The third-order valence-corrected chi connectivity index (χ3v) is 4.92. The number of aromatic nitrogens is 1. The molecular formula is C20H13NO3S. The zero-order valence-electron chi connectivity index (χ0n) is 13.1. The van der Waals surface area contributed by atoms with Crippen LogP contribution in [-0.4, -0.2) is 4.98 Å². The van der Waals surface area contributed by atoms with Crippen molar-refractivity contribution in [2.45, 2.75) is 6.61 Å². The SMILES string of the molecule is c1coc(-c2nc(COc3ccc4oc5ccccc5c4c3)cs2)c1. The first-order valence-corrected chi connectivity index (χ1v) is 8.77. The lowest BCUT2D eigenvalue weighted by Gasteiger charge is -2.04. The molecule has 0 bridgehead atoms. The summed E-state index contributed by atoms with van der Waals surface area (Å²) in [5.41, 5.74) is 2.63. The van der Waals surface area contributed by atoms with Gasteiger partial charge < -0.3 is 13.6 Å². The minimum atomic E-state index is 0.415. The fraction of sp³-hybridized carbons (Fsp3) is 0.0500. The molecule has 4 nitrogen and oxygen atoms in total. The molecule has 2 aromatic carbocycles. The van der Waals surface area contributed by atoms with Crippen LogP contribution < -0.4 is 4.74 Å². The minimum absolute atomic E-state index is 0.415. The first-order valence-electron chi connectivity index (χ1n) is 7.89. The summed E-state index contributed by atoms with van der Waals surface area (Å²) in [5, 5.41) is 5.00. The third-order valence-electron chi connectivity index (χ3n) is 4.02. The van der Waals surface area contributed by atoms with Gasteiger partial charge in [-0.2, -0.15) is 0 Å². The Bertz CT molecular complexity index is 1150. The first kappa shape index (κ1) is 14.3. The molecule has 0 aliphatic rings. The van der Waals surface area contributed by atoms with E-state index in [1.54, 1.807) is 17.6 Å². The van der Waals surface area contributed by atoms with Gasteiger partial charge in [-0.3, -0.25) is 0 Å². The quantitative estimate of drug-likeness (QED) is 0.407. The summed E-state index contributed by atoms with van der Waals surface area (Å²) in [6.07, 6.45) is 1.65. The van der Waals surface area contributed by atoms with Crippen LogP contribution in [-0.2, 0) is 6.61 Å². The van der Waals surface area contributed by atoms with Crippen molar-refractivity contribution >= 4 is 33.3 Å². The molecule has 0 aliphatic heterocycles. The molecule has 5 aromatic rings. The van der Waals surface area contributed by atoms with E-state index in [-0.39, 0.29) is 0 Å². The monoisotopic (exact) mass is 347 g/mol. The van der Waals surface area contributed by atoms with E-state index in [0.717, 1.165) is 44.1 Å². The Kier molecular flexibility index (Phi) is 3.31. The molecule has 0 saturated carbocycles. The zero-order chi connectivity index (χ0) is 16.6. The smallest absolute Gasteiger partial charge is 0.162 e. The molecule has 0 radical (unpaired) electrons. The summed E-state index contributed by atoms with van der Waals surface area (Å²) in [6.45, 7) is 0.415. The number of hydrogen-bond donors (Lipinski definition) is 0. The Morgan fingerprint density at radius 1 is 0.960 bits per heavy atom. The van der Waals surface area contributed by atoms with Crippen LogP contribution in [0.2, 0.25) is 0 Å². The van der Waals surface area contributed by atoms with Gasteiger partial charge in [-0.05, 0) is 36.4 Å². The number of rotatable bonds is 4. The molecule has 0 unspecified atom stereocenters. The molecule has 3 heterocycles. The first-order chi connectivity index (χ1) is 12.4. The van der Waals surface area contributed by atoms with E-state index in [9.17, 15) is 0 Å². The average Bonchev–Trinajstić information content (AvgIpc) is 3.38. The zero-order valence-corrected chi connectivity index (χ0v) is 14.0. The number of thiazole rings is 1. The van der Waals surface area contributed by atoms with E-state index in [4.69, 9.17) is 13.6 Å². The van der Waals surface area contributed by atoms with Crippen molar-refractivity contribution in [2.75, 3.05) is 0 Å². The van der Waals surface area contributed by atoms with Gasteiger partial charge in [0.25, 0.3) is 0 Å². The Balaban J connectivity index is 1.40. The molecule has 25 heavy (non-hydrogen) atoms. The van der Waals surface area contributed by atoms with Gasteiger partial charge in [-0.1, -0.05) is 18.2 Å². The highest BCUT2D eigenvalue weighted by atomic mass is 32.1. The molecular weight excluding hydrogens is 334 g/mol. The third kappa shape index (κ3) is 2.58. The van der Waals surface area contributed by atoms with E-state index in [1.807, 2.05) is 53.9 Å². The highest BCUT2D eigenvalue weighted by Crippen LogP contribution is 2.31. The Morgan fingerprint density at radius 3 is 2.80 bits per heavy atom. The second-order valence-electron chi connectivity index (χ2n) is 5.67. The van der Waals surface area contributed by atoms with Gasteiger partial charge in [-0.15, -0.1) is 11.3 Å². The molecule has 0 N–H and O–H groups in total. The van der Waals surface area contributed by atoms with Crippen molar-refractivity contribution in [1.29, 1.82) is 0 Å². The van der Waals surface area contributed by atoms with Crippen molar-refractivity contribution < 1.29 is 13.6 Å². The molecule has 0 saturated heterocycles. The predicted octanol–water partition coefficient (Wildman–Crippen LogP) is 5.88. The lowest BCUT2D eigenvalue weighted by atomic mass is 10.1. The normalized spacial score (nSPS) is 11.4. The van der Waals surface area contributed by atoms with Crippen molar-refractivity contribution in [2.24, 2.45) is 0 Å². The van der Waals surface area contributed by atoms with Crippen molar-refractivity contribution in [3.8, 4) is 16.5 Å².